The van der Waals surface area contributed by atoms with Crippen LogP contribution in [0.1, 0.15) is 0 Å². The van der Waals surface area contributed by atoms with E-state index in [4.69, 9.17) is 9.47 Å². The Morgan fingerprint density at radius 1 is 1.22 bits per heavy atom. The maximum absolute atomic E-state index is 12.3. The number of hydrogen-bond acceptors (Lipinski definition) is 11. The number of benzene rings is 1. The SMILES string of the molecule is C=CC(=O)Nc1cc(Nc2nc(OC3CN(S(C)(=O)=O)C3)c3ccn(CO)c3n2)c(OC)cc1N(C)CCN(C)C. The van der Waals surface area contributed by atoms with Crippen molar-refractivity contribution in [1.82, 2.24) is 23.7 Å². The molecule has 1 aromatic carbocycles. The van der Waals surface area contributed by atoms with Crippen molar-refractivity contribution < 1.29 is 27.8 Å². The van der Waals surface area contributed by atoms with Gasteiger partial charge in [0.1, 0.15) is 18.6 Å². The fraction of sp³-hybridized carbons (Fsp3) is 0.423. The number of carbonyl (C=O) groups excluding carboxylic acids is 1. The molecule has 1 aliphatic rings. The Morgan fingerprint density at radius 3 is 2.56 bits per heavy atom. The second-order valence-corrected chi connectivity index (χ2v) is 11.9. The molecule has 14 nitrogen and oxygen atoms in total. The molecule has 0 atom stereocenters. The normalized spacial score (nSPS) is 14.1. The molecular formula is C26H36N8O6S. The van der Waals surface area contributed by atoms with Gasteiger partial charge in [0, 0.05) is 32.4 Å². The second-order valence-electron chi connectivity index (χ2n) is 9.95. The average molecular weight is 589 g/mol. The van der Waals surface area contributed by atoms with Crippen LogP contribution in [-0.4, -0.2) is 110 Å². The average Bonchev–Trinajstić information content (AvgIpc) is 3.31. The number of aromatic nitrogens is 3. The number of nitrogens with one attached hydrogen (secondary N) is 2. The van der Waals surface area contributed by atoms with Crippen molar-refractivity contribution >= 4 is 50.0 Å². The first kappa shape index (κ1) is 30.0. The quantitative estimate of drug-likeness (QED) is 0.247. The van der Waals surface area contributed by atoms with E-state index in [0.29, 0.717) is 34.7 Å². The number of likely N-dealkylation sites (N-methyl/N-ethyl adjacent to an activating group) is 2. The Kier molecular flexibility index (Phi) is 9.01. The minimum atomic E-state index is -3.31. The van der Waals surface area contributed by atoms with Crippen LogP contribution < -0.4 is 25.0 Å². The number of fused-ring (bicyclic) bond motifs is 1. The van der Waals surface area contributed by atoms with Crippen molar-refractivity contribution in [2.45, 2.75) is 12.8 Å². The Hall–Kier alpha value is -3.92. The number of anilines is 4. The van der Waals surface area contributed by atoms with Crippen LogP contribution in [0.2, 0.25) is 0 Å². The van der Waals surface area contributed by atoms with E-state index in [9.17, 15) is 18.3 Å². The predicted octanol–water partition coefficient (Wildman–Crippen LogP) is 1.28. The van der Waals surface area contributed by atoms with E-state index >= 15 is 0 Å². The number of ether oxygens (including phenoxy) is 2. The van der Waals surface area contributed by atoms with E-state index < -0.39 is 10.0 Å². The van der Waals surface area contributed by atoms with Crippen LogP contribution in [0.15, 0.2) is 37.1 Å². The predicted molar refractivity (Wildman–Crippen MR) is 158 cm³/mol. The Morgan fingerprint density at radius 2 is 1.95 bits per heavy atom. The highest BCUT2D eigenvalue weighted by atomic mass is 32.2. The van der Waals surface area contributed by atoms with Gasteiger partial charge in [0.2, 0.25) is 27.8 Å². The summed E-state index contributed by atoms with van der Waals surface area (Å²) in [5, 5.41) is 16.4. The number of rotatable bonds is 13. The van der Waals surface area contributed by atoms with Crippen LogP contribution in [0.5, 0.6) is 11.6 Å². The molecule has 0 spiro atoms. The molecule has 0 bridgehead atoms. The van der Waals surface area contributed by atoms with Crippen molar-refractivity contribution in [3.05, 3.63) is 37.1 Å². The molecule has 15 heteroatoms. The topological polar surface area (TPSA) is 154 Å². The van der Waals surface area contributed by atoms with Crippen molar-refractivity contribution in [2.24, 2.45) is 0 Å². The summed E-state index contributed by atoms with van der Waals surface area (Å²) in [6, 6.07) is 5.24. The summed E-state index contributed by atoms with van der Waals surface area (Å²) in [5.41, 5.74) is 2.14. The smallest absolute Gasteiger partial charge is 0.247 e. The number of methoxy groups -OCH3 is 1. The molecule has 0 aliphatic carbocycles. The van der Waals surface area contributed by atoms with Crippen LogP contribution in [0, 0.1) is 0 Å². The number of aliphatic hydroxyl groups excluding tert-OH is 1. The minimum absolute atomic E-state index is 0.146. The van der Waals surface area contributed by atoms with Crippen LogP contribution in [0.25, 0.3) is 11.0 Å². The highest BCUT2D eigenvalue weighted by molar-refractivity contribution is 7.88. The summed E-state index contributed by atoms with van der Waals surface area (Å²) in [6.07, 6.45) is 3.61. The van der Waals surface area contributed by atoms with Crippen LogP contribution in [-0.2, 0) is 21.5 Å². The summed E-state index contributed by atoms with van der Waals surface area (Å²) in [5.74, 6) is 0.483. The van der Waals surface area contributed by atoms with E-state index in [0.717, 1.165) is 18.5 Å². The molecule has 2 aromatic heterocycles. The highest BCUT2D eigenvalue weighted by Gasteiger charge is 2.35. The first-order chi connectivity index (χ1) is 19.4. The third kappa shape index (κ3) is 6.87. The standard InChI is InChI=1S/C26H36N8O6S/c1-7-23(36)27-19-12-20(22(39-5)13-21(19)32(4)11-10-31(2)3)28-26-29-24-18(8-9-33(24)16-35)25(30-26)40-17-14-34(15-17)41(6,37)38/h7-9,12-13,17,35H,1,10-11,14-16H2,2-6H3,(H,27,36)(H,28,29,30). The summed E-state index contributed by atoms with van der Waals surface area (Å²) in [6.45, 7) is 5.12. The molecule has 4 rings (SSSR count). The largest absolute Gasteiger partial charge is 0.494 e. The zero-order valence-corrected chi connectivity index (χ0v) is 24.6. The maximum atomic E-state index is 12.3. The van der Waals surface area contributed by atoms with E-state index in [2.05, 4.69) is 32.1 Å². The molecule has 3 N–H and O–H groups in total. The third-order valence-corrected chi connectivity index (χ3v) is 7.84. The van der Waals surface area contributed by atoms with Crippen LogP contribution in [0.4, 0.5) is 23.0 Å². The van der Waals surface area contributed by atoms with E-state index in [1.807, 2.05) is 26.0 Å². The zero-order chi connectivity index (χ0) is 29.9. The number of carbonyl (C=O) groups is 1. The fourth-order valence-electron chi connectivity index (χ4n) is 4.23. The molecule has 0 unspecified atom stereocenters. The zero-order valence-electron chi connectivity index (χ0n) is 23.8. The molecule has 222 valence electrons. The van der Waals surface area contributed by atoms with Gasteiger partial charge in [-0.2, -0.15) is 14.3 Å². The summed E-state index contributed by atoms with van der Waals surface area (Å²) < 4.78 is 38.1. The van der Waals surface area contributed by atoms with Gasteiger partial charge in [-0.3, -0.25) is 4.79 Å². The Bertz CT molecular complexity index is 1530. The lowest BCUT2D eigenvalue weighted by Gasteiger charge is -2.36. The molecule has 1 saturated heterocycles. The lowest BCUT2D eigenvalue weighted by Crippen LogP contribution is -2.55. The van der Waals surface area contributed by atoms with Crippen molar-refractivity contribution in [1.29, 1.82) is 0 Å². The van der Waals surface area contributed by atoms with Crippen molar-refractivity contribution in [3.63, 3.8) is 0 Å². The number of amides is 1. The Labute approximate surface area is 239 Å². The summed E-state index contributed by atoms with van der Waals surface area (Å²) >= 11 is 0. The molecule has 0 radical (unpaired) electrons. The van der Waals surface area contributed by atoms with E-state index in [1.54, 1.807) is 24.4 Å². The Balaban J connectivity index is 1.70. The summed E-state index contributed by atoms with van der Waals surface area (Å²) in [7, 11) is 4.11. The molecule has 1 aliphatic heterocycles. The minimum Gasteiger partial charge on any atom is -0.494 e. The van der Waals surface area contributed by atoms with Gasteiger partial charge in [-0.05, 0) is 32.3 Å². The molecule has 1 amide bonds. The van der Waals surface area contributed by atoms with Gasteiger partial charge < -0.3 is 39.6 Å². The van der Waals surface area contributed by atoms with Crippen LogP contribution >= 0.6 is 0 Å². The van der Waals surface area contributed by atoms with Gasteiger partial charge in [0.15, 0.2) is 5.65 Å². The fourth-order valence-corrected chi connectivity index (χ4v) is 5.10. The number of aliphatic hydroxyl groups is 1. The van der Waals surface area contributed by atoms with Gasteiger partial charge in [-0.15, -0.1) is 0 Å². The summed E-state index contributed by atoms with van der Waals surface area (Å²) in [4.78, 5) is 25.5. The maximum Gasteiger partial charge on any atom is 0.247 e. The lowest BCUT2D eigenvalue weighted by atomic mass is 10.2. The second kappa shape index (κ2) is 12.3. The molecule has 1 fully saturated rings. The lowest BCUT2D eigenvalue weighted by molar-refractivity contribution is -0.111. The molecular weight excluding hydrogens is 552 g/mol. The monoisotopic (exact) mass is 588 g/mol. The first-order valence-electron chi connectivity index (χ1n) is 12.8. The van der Waals surface area contributed by atoms with Gasteiger partial charge >= 0.3 is 0 Å². The first-order valence-corrected chi connectivity index (χ1v) is 14.7. The van der Waals surface area contributed by atoms with E-state index in [-0.39, 0.29) is 43.7 Å². The van der Waals surface area contributed by atoms with Crippen molar-refractivity contribution in [3.8, 4) is 11.6 Å². The molecule has 3 aromatic rings. The van der Waals surface area contributed by atoms with Crippen molar-refractivity contribution in [2.75, 3.05) is 76.2 Å². The number of sulfonamides is 1. The number of hydrogen-bond donors (Lipinski definition) is 3. The van der Waals surface area contributed by atoms with Crippen LogP contribution in [0.3, 0.4) is 0 Å². The molecule has 3 heterocycles. The van der Waals surface area contributed by atoms with Gasteiger partial charge in [0.05, 0.1) is 48.9 Å². The van der Waals surface area contributed by atoms with E-state index in [1.165, 1.54) is 22.1 Å². The number of nitrogens with zero attached hydrogens (tertiary/aromatic N) is 6. The third-order valence-electron chi connectivity index (χ3n) is 6.60. The van der Waals surface area contributed by atoms with Gasteiger partial charge in [-0.25, -0.2) is 8.42 Å². The molecule has 0 saturated carbocycles. The van der Waals surface area contributed by atoms with Gasteiger partial charge in [-0.1, -0.05) is 6.58 Å². The highest BCUT2D eigenvalue weighted by Crippen LogP contribution is 2.38. The van der Waals surface area contributed by atoms with Gasteiger partial charge in [0.25, 0.3) is 0 Å². The molecule has 41 heavy (non-hydrogen) atoms.